The van der Waals surface area contributed by atoms with Crippen molar-refractivity contribution in [1.29, 1.82) is 0 Å². The van der Waals surface area contributed by atoms with Crippen LogP contribution in [0.25, 0.3) is 5.65 Å². The number of benzene rings is 2. The summed E-state index contributed by atoms with van der Waals surface area (Å²) in [5.74, 6) is 6.77. The molecule has 0 fully saturated rings. The minimum absolute atomic E-state index is 0.201. The first-order valence-electron chi connectivity index (χ1n) is 9.35. The maximum atomic E-state index is 12.3. The fourth-order valence-electron chi connectivity index (χ4n) is 3.15. The van der Waals surface area contributed by atoms with Gasteiger partial charge in [0.15, 0.2) is 5.65 Å². The quantitative estimate of drug-likeness (QED) is 0.551. The molecule has 0 amide bonds. The normalized spacial score (nSPS) is 10.5. The predicted molar refractivity (Wildman–Crippen MR) is 113 cm³/mol. The van der Waals surface area contributed by atoms with Crippen molar-refractivity contribution in [3.8, 4) is 11.8 Å². The topological polar surface area (TPSA) is 73.3 Å². The van der Waals surface area contributed by atoms with Crippen LogP contribution in [0.5, 0.6) is 0 Å². The zero-order valence-electron chi connectivity index (χ0n) is 16.1. The van der Waals surface area contributed by atoms with Gasteiger partial charge >= 0.3 is 0 Å². The van der Waals surface area contributed by atoms with Gasteiger partial charge in [0.2, 0.25) is 0 Å². The van der Waals surface area contributed by atoms with E-state index in [0.717, 1.165) is 16.7 Å². The minimum Gasteiger partial charge on any atom is -0.382 e. The molecule has 0 aliphatic rings. The largest absolute Gasteiger partial charge is 0.382 e. The van der Waals surface area contributed by atoms with Gasteiger partial charge in [-0.1, -0.05) is 47.9 Å². The smallest absolute Gasteiger partial charge is 0.156 e. The van der Waals surface area contributed by atoms with Gasteiger partial charge in [-0.2, -0.15) is 5.10 Å². The Labute approximate surface area is 169 Å². The van der Waals surface area contributed by atoms with Crippen molar-refractivity contribution in [3.63, 3.8) is 0 Å². The van der Waals surface area contributed by atoms with E-state index in [2.05, 4.69) is 28.0 Å². The number of hydrogen-bond acceptors (Lipinski definition) is 4. The van der Waals surface area contributed by atoms with Crippen LogP contribution in [-0.4, -0.2) is 20.4 Å². The van der Waals surface area contributed by atoms with Crippen LogP contribution in [0.2, 0.25) is 0 Å². The molecule has 2 N–H and O–H groups in total. The third-order valence-electron chi connectivity index (χ3n) is 4.51. The van der Waals surface area contributed by atoms with Crippen molar-refractivity contribution in [3.05, 3.63) is 94.8 Å². The summed E-state index contributed by atoms with van der Waals surface area (Å²) in [6.07, 6.45) is 2.53. The van der Waals surface area contributed by atoms with Crippen LogP contribution in [0, 0.1) is 18.8 Å². The van der Waals surface area contributed by atoms with Crippen molar-refractivity contribution in [2.45, 2.75) is 19.8 Å². The molecule has 0 aliphatic carbocycles. The van der Waals surface area contributed by atoms with Gasteiger partial charge in [-0.15, -0.1) is 0 Å². The van der Waals surface area contributed by atoms with Crippen molar-refractivity contribution in [2.75, 3.05) is 5.73 Å². The molecule has 2 aromatic heterocycles. The Hall–Kier alpha value is -3.91. The molecule has 0 bridgehead atoms. The average molecular weight is 380 g/mol. The highest BCUT2D eigenvalue weighted by Gasteiger charge is 2.06. The number of nitrogens with zero attached hydrogens (tertiary/aromatic N) is 3. The molecular weight excluding hydrogens is 360 g/mol. The van der Waals surface area contributed by atoms with E-state index in [1.165, 1.54) is 5.56 Å². The number of nitrogen functional groups attached to an aromatic ring is 1. The van der Waals surface area contributed by atoms with E-state index in [4.69, 9.17) is 5.73 Å². The van der Waals surface area contributed by atoms with Gasteiger partial charge in [-0.25, -0.2) is 9.50 Å². The molecule has 0 unspecified atom stereocenters. The first-order chi connectivity index (χ1) is 14.0. The number of imidazole rings is 1. The lowest BCUT2D eigenvalue weighted by molar-refractivity contribution is -0.117. The highest BCUT2D eigenvalue weighted by atomic mass is 16.1. The number of Topliss-reactive ketones (excluding diaryl/α,β-unsaturated/α-hetero) is 1. The average Bonchev–Trinajstić information content (AvgIpc) is 3.06. The molecule has 2 heterocycles. The van der Waals surface area contributed by atoms with Crippen molar-refractivity contribution in [1.82, 2.24) is 14.6 Å². The van der Waals surface area contributed by atoms with E-state index in [-0.39, 0.29) is 5.78 Å². The van der Waals surface area contributed by atoms with Gasteiger partial charge in [-0.3, -0.25) is 4.79 Å². The maximum Gasteiger partial charge on any atom is 0.156 e. The molecule has 0 aliphatic heterocycles. The van der Waals surface area contributed by atoms with Crippen LogP contribution in [0.1, 0.15) is 27.9 Å². The maximum absolute atomic E-state index is 12.3. The Balaban J connectivity index is 1.41. The van der Waals surface area contributed by atoms with E-state index in [9.17, 15) is 4.79 Å². The molecule has 5 heteroatoms. The molecule has 4 rings (SSSR count). The molecular formula is C24H20N4O. The van der Waals surface area contributed by atoms with E-state index < -0.39 is 0 Å². The molecule has 29 heavy (non-hydrogen) atoms. The molecule has 0 saturated heterocycles. The molecule has 0 atom stereocenters. The van der Waals surface area contributed by atoms with Crippen molar-refractivity contribution >= 4 is 17.2 Å². The van der Waals surface area contributed by atoms with Gasteiger partial charge in [0.1, 0.15) is 17.3 Å². The highest BCUT2D eigenvalue weighted by molar-refractivity contribution is 5.83. The molecule has 2 aromatic carbocycles. The standard InChI is InChI=1S/C24H20N4O/c1-17-3-2-4-20(13-17)15-22(29)14-19-7-5-18(6-8-19)9-10-21-11-12-24-26-23(25)16-28(24)27-21/h2-8,11-13,16H,14-15,25H2,1H3. The summed E-state index contributed by atoms with van der Waals surface area (Å²) in [6.45, 7) is 2.03. The summed E-state index contributed by atoms with van der Waals surface area (Å²) in [5.41, 5.74) is 11.1. The van der Waals surface area contributed by atoms with Crippen LogP contribution in [0.15, 0.2) is 66.9 Å². The third kappa shape index (κ3) is 4.69. The zero-order chi connectivity index (χ0) is 20.2. The molecule has 142 valence electrons. The molecule has 4 aromatic rings. The van der Waals surface area contributed by atoms with Crippen LogP contribution in [0.4, 0.5) is 5.82 Å². The van der Waals surface area contributed by atoms with Crippen LogP contribution in [-0.2, 0) is 17.6 Å². The summed E-state index contributed by atoms with van der Waals surface area (Å²) in [7, 11) is 0. The summed E-state index contributed by atoms with van der Waals surface area (Å²) >= 11 is 0. The van der Waals surface area contributed by atoms with Crippen LogP contribution >= 0.6 is 0 Å². The lowest BCUT2D eigenvalue weighted by Crippen LogP contribution is -2.06. The van der Waals surface area contributed by atoms with Gasteiger partial charge in [-0.05, 0) is 48.2 Å². The second-order valence-corrected chi connectivity index (χ2v) is 7.02. The number of anilines is 1. The van der Waals surface area contributed by atoms with Crippen molar-refractivity contribution in [2.24, 2.45) is 0 Å². The summed E-state index contributed by atoms with van der Waals surface area (Å²) in [4.78, 5) is 16.5. The number of aryl methyl sites for hydroxylation is 1. The Bertz CT molecular complexity index is 1240. The van der Waals surface area contributed by atoms with E-state index in [1.807, 2.05) is 61.5 Å². The number of rotatable bonds is 4. The number of ketones is 1. The van der Waals surface area contributed by atoms with E-state index >= 15 is 0 Å². The SMILES string of the molecule is Cc1cccc(CC(=O)Cc2ccc(C#Cc3ccc4nc(N)cn4n3)cc2)c1. The van der Waals surface area contributed by atoms with Crippen LogP contribution in [0.3, 0.4) is 0 Å². The highest BCUT2D eigenvalue weighted by Crippen LogP contribution is 2.10. The number of fused-ring (bicyclic) bond motifs is 1. The third-order valence-corrected chi connectivity index (χ3v) is 4.51. The second-order valence-electron chi connectivity index (χ2n) is 7.02. The van der Waals surface area contributed by atoms with Crippen LogP contribution < -0.4 is 5.73 Å². The first kappa shape index (κ1) is 18.5. The first-order valence-corrected chi connectivity index (χ1v) is 9.35. The molecule has 0 radical (unpaired) electrons. The van der Waals surface area contributed by atoms with Crippen molar-refractivity contribution < 1.29 is 4.79 Å². The second kappa shape index (κ2) is 7.99. The summed E-state index contributed by atoms with van der Waals surface area (Å²) in [6, 6.07) is 19.5. The Morgan fingerprint density at radius 2 is 1.79 bits per heavy atom. The Morgan fingerprint density at radius 3 is 2.59 bits per heavy atom. The number of hydrogen-bond donors (Lipinski definition) is 1. The monoisotopic (exact) mass is 380 g/mol. The van der Waals surface area contributed by atoms with Gasteiger partial charge in [0.25, 0.3) is 0 Å². The molecule has 0 saturated carbocycles. The minimum atomic E-state index is 0.201. The number of carbonyl (C=O) groups is 1. The lowest BCUT2D eigenvalue weighted by atomic mass is 10.0. The van der Waals surface area contributed by atoms with E-state index in [1.54, 1.807) is 10.7 Å². The van der Waals surface area contributed by atoms with Gasteiger partial charge in [0, 0.05) is 18.4 Å². The Morgan fingerprint density at radius 1 is 1.00 bits per heavy atom. The fourth-order valence-corrected chi connectivity index (χ4v) is 3.15. The predicted octanol–water partition coefficient (Wildman–Crippen LogP) is 3.37. The number of carbonyl (C=O) groups excluding carboxylic acids is 1. The van der Waals surface area contributed by atoms with Gasteiger partial charge < -0.3 is 5.73 Å². The van der Waals surface area contributed by atoms with Gasteiger partial charge in [0.05, 0.1) is 6.20 Å². The summed E-state index contributed by atoms with van der Waals surface area (Å²) in [5, 5.41) is 4.37. The zero-order valence-corrected chi connectivity index (χ0v) is 16.1. The molecule has 0 spiro atoms. The van der Waals surface area contributed by atoms with E-state index in [0.29, 0.717) is 30.0 Å². The molecule has 5 nitrogen and oxygen atoms in total. The lowest BCUT2D eigenvalue weighted by Gasteiger charge is -2.03. The Kier molecular flexibility index (Phi) is 5.08. The number of nitrogens with two attached hydrogens (primary N) is 1. The fraction of sp³-hybridized carbons (Fsp3) is 0.125. The number of aromatic nitrogens is 3. The summed E-state index contributed by atoms with van der Waals surface area (Å²) < 4.78 is 1.61.